The van der Waals surface area contributed by atoms with Crippen LogP contribution in [-0.2, 0) is 11.2 Å². The Morgan fingerprint density at radius 1 is 1.59 bits per heavy atom. The van der Waals surface area contributed by atoms with Crippen LogP contribution in [0.15, 0.2) is 18.5 Å². The summed E-state index contributed by atoms with van der Waals surface area (Å²) < 4.78 is 31.8. The Morgan fingerprint density at radius 2 is 2.36 bits per heavy atom. The molecule has 0 aliphatic carbocycles. The van der Waals surface area contributed by atoms with E-state index in [1.165, 1.54) is 0 Å². The zero-order valence-electron chi connectivity index (χ0n) is 12.8. The Balaban J connectivity index is 2.04. The third kappa shape index (κ3) is 4.13. The number of nitrogens with zero attached hydrogens (tertiary/aromatic N) is 2. The number of pyridine rings is 1. The minimum Gasteiger partial charge on any atom is -0.373 e. The molecule has 1 saturated heterocycles. The van der Waals surface area contributed by atoms with E-state index >= 15 is 0 Å². The maximum atomic E-state index is 13.5. The smallest absolute Gasteiger partial charge is 0.318 e. The molecule has 0 radical (unpaired) electrons. The fourth-order valence-electron chi connectivity index (χ4n) is 2.48. The van der Waals surface area contributed by atoms with Crippen molar-refractivity contribution in [2.45, 2.75) is 32.2 Å². The summed E-state index contributed by atoms with van der Waals surface area (Å²) in [6.45, 7) is 2.85. The summed E-state index contributed by atoms with van der Waals surface area (Å²) in [6, 6.07) is 1.06. The minimum atomic E-state index is -3.01. The molecule has 1 aromatic rings. The van der Waals surface area contributed by atoms with E-state index in [1.54, 1.807) is 12.4 Å². The molecule has 122 valence electrons. The predicted molar refractivity (Wildman–Crippen MR) is 77.9 cm³/mol. The zero-order chi connectivity index (χ0) is 16.2. The first-order valence-electron chi connectivity index (χ1n) is 7.37. The number of ether oxygens (including phenoxy) is 1. The summed E-state index contributed by atoms with van der Waals surface area (Å²) >= 11 is 0. The molecule has 7 heteroatoms. The number of hydrogen-bond donors (Lipinski definition) is 1. The molecular weight excluding hydrogens is 292 g/mol. The highest BCUT2D eigenvalue weighted by atomic mass is 19.3. The van der Waals surface area contributed by atoms with Crippen molar-refractivity contribution < 1.29 is 18.3 Å². The van der Waals surface area contributed by atoms with Gasteiger partial charge in [-0.25, -0.2) is 13.6 Å². The molecule has 1 unspecified atom stereocenters. The lowest BCUT2D eigenvalue weighted by atomic mass is 10.0. The van der Waals surface area contributed by atoms with Gasteiger partial charge in [0.1, 0.15) is 6.61 Å². The fraction of sp³-hybridized carbons (Fsp3) is 0.600. The quantitative estimate of drug-likeness (QED) is 0.932. The SMILES string of the molecule is CCc1cnccc1C(C)NC(=O)N1CCOCC(F)(F)C1. The van der Waals surface area contributed by atoms with Crippen molar-refractivity contribution in [2.75, 3.05) is 26.3 Å². The van der Waals surface area contributed by atoms with Crippen LogP contribution in [0.5, 0.6) is 0 Å². The third-order valence-electron chi connectivity index (χ3n) is 3.66. The number of amides is 2. The van der Waals surface area contributed by atoms with Gasteiger partial charge in [0.2, 0.25) is 0 Å². The largest absolute Gasteiger partial charge is 0.373 e. The Labute approximate surface area is 128 Å². The van der Waals surface area contributed by atoms with Crippen LogP contribution in [0.4, 0.5) is 13.6 Å². The second-order valence-corrected chi connectivity index (χ2v) is 5.43. The number of rotatable bonds is 3. The maximum absolute atomic E-state index is 13.5. The molecule has 1 aliphatic heterocycles. The van der Waals surface area contributed by atoms with Crippen molar-refractivity contribution in [3.05, 3.63) is 29.6 Å². The van der Waals surface area contributed by atoms with Gasteiger partial charge in [-0.2, -0.15) is 0 Å². The maximum Gasteiger partial charge on any atom is 0.318 e. The summed E-state index contributed by atoms with van der Waals surface area (Å²) in [6.07, 6.45) is 4.20. The van der Waals surface area contributed by atoms with Crippen LogP contribution in [-0.4, -0.2) is 48.1 Å². The lowest BCUT2D eigenvalue weighted by molar-refractivity contribution is -0.0652. The Morgan fingerprint density at radius 3 is 3.09 bits per heavy atom. The number of urea groups is 1. The molecule has 0 bridgehead atoms. The molecule has 1 aliphatic rings. The molecule has 0 spiro atoms. The first-order valence-corrected chi connectivity index (χ1v) is 7.37. The third-order valence-corrected chi connectivity index (χ3v) is 3.66. The second kappa shape index (κ2) is 7.00. The minimum absolute atomic E-state index is 0.118. The summed E-state index contributed by atoms with van der Waals surface area (Å²) in [5.74, 6) is -3.01. The summed E-state index contributed by atoms with van der Waals surface area (Å²) in [5, 5.41) is 2.78. The molecule has 22 heavy (non-hydrogen) atoms. The number of carbonyl (C=O) groups is 1. The molecule has 2 heterocycles. The molecule has 1 fully saturated rings. The predicted octanol–water partition coefficient (Wildman–Crippen LogP) is 2.38. The van der Waals surface area contributed by atoms with Gasteiger partial charge in [-0.15, -0.1) is 0 Å². The number of alkyl halides is 2. The lowest BCUT2D eigenvalue weighted by Gasteiger charge is -2.26. The average molecular weight is 313 g/mol. The van der Waals surface area contributed by atoms with Gasteiger partial charge >= 0.3 is 6.03 Å². The Hall–Kier alpha value is -1.76. The van der Waals surface area contributed by atoms with Crippen LogP contribution >= 0.6 is 0 Å². The molecule has 2 amide bonds. The number of hydrogen-bond acceptors (Lipinski definition) is 3. The first-order chi connectivity index (χ1) is 10.4. The van der Waals surface area contributed by atoms with Gasteiger partial charge in [0.25, 0.3) is 5.92 Å². The van der Waals surface area contributed by atoms with Crippen molar-refractivity contribution in [3.8, 4) is 0 Å². The monoisotopic (exact) mass is 313 g/mol. The van der Waals surface area contributed by atoms with E-state index in [2.05, 4.69) is 10.3 Å². The number of halogens is 2. The molecule has 0 aromatic carbocycles. The highest BCUT2D eigenvalue weighted by Gasteiger charge is 2.36. The van der Waals surface area contributed by atoms with E-state index in [0.29, 0.717) is 0 Å². The molecule has 5 nitrogen and oxygen atoms in total. The van der Waals surface area contributed by atoms with Crippen LogP contribution in [0.2, 0.25) is 0 Å². The Bertz CT molecular complexity index is 525. The number of aryl methyl sites for hydroxylation is 1. The highest BCUT2D eigenvalue weighted by molar-refractivity contribution is 5.75. The Kier molecular flexibility index (Phi) is 5.28. The van der Waals surface area contributed by atoms with Crippen LogP contribution in [0, 0.1) is 0 Å². The van der Waals surface area contributed by atoms with E-state index in [1.807, 2.05) is 19.9 Å². The van der Waals surface area contributed by atoms with Crippen molar-refractivity contribution in [1.82, 2.24) is 15.2 Å². The van der Waals surface area contributed by atoms with Crippen LogP contribution in [0.1, 0.15) is 31.0 Å². The van der Waals surface area contributed by atoms with Gasteiger partial charge in [0.05, 0.1) is 19.2 Å². The average Bonchev–Trinajstić information content (AvgIpc) is 2.67. The van der Waals surface area contributed by atoms with Crippen molar-refractivity contribution in [2.24, 2.45) is 0 Å². The summed E-state index contributed by atoms with van der Waals surface area (Å²) in [4.78, 5) is 17.4. The molecule has 1 N–H and O–H groups in total. The second-order valence-electron chi connectivity index (χ2n) is 5.43. The molecule has 1 aromatic heterocycles. The van der Waals surface area contributed by atoms with Crippen molar-refractivity contribution >= 4 is 6.03 Å². The van der Waals surface area contributed by atoms with Gasteiger partial charge in [0, 0.05) is 18.9 Å². The van der Waals surface area contributed by atoms with Crippen molar-refractivity contribution in [3.63, 3.8) is 0 Å². The summed E-state index contributed by atoms with van der Waals surface area (Å²) in [5.41, 5.74) is 1.98. The number of nitrogens with one attached hydrogen (secondary N) is 1. The topological polar surface area (TPSA) is 54.5 Å². The van der Waals surface area contributed by atoms with E-state index in [-0.39, 0.29) is 19.2 Å². The van der Waals surface area contributed by atoms with Gasteiger partial charge < -0.3 is 15.0 Å². The fourth-order valence-corrected chi connectivity index (χ4v) is 2.48. The normalized spacial score (nSPS) is 19.4. The molecular formula is C15H21F2N3O2. The van der Waals surface area contributed by atoms with E-state index in [9.17, 15) is 13.6 Å². The first kappa shape index (κ1) is 16.6. The van der Waals surface area contributed by atoms with Gasteiger partial charge in [-0.3, -0.25) is 4.98 Å². The molecule has 1 atom stereocenters. The number of carbonyl (C=O) groups excluding carboxylic acids is 1. The van der Waals surface area contributed by atoms with E-state index in [0.717, 1.165) is 22.4 Å². The molecule has 2 rings (SSSR count). The van der Waals surface area contributed by atoms with E-state index < -0.39 is 25.1 Å². The number of aromatic nitrogens is 1. The van der Waals surface area contributed by atoms with Crippen LogP contribution < -0.4 is 5.32 Å². The lowest BCUT2D eigenvalue weighted by Crippen LogP contribution is -2.46. The van der Waals surface area contributed by atoms with Crippen LogP contribution in [0.25, 0.3) is 0 Å². The summed E-state index contributed by atoms with van der Waals surface area (Å²) in [7, 11) is 0. The highest BCUT2D eigenvalue weighted by Crippen LogP contribution is 2.20. The van der Waals surface area contributed by atoms with Crippen LogP contribution in [0.3, 0.4) is 0 Å². The van der Waals surface area contributed by atoms with E-state index in [4.69, 9.17) is 4.74 Å². The van der Waals surface area contributed by atoms with Gasteiger partial charge in [-0.1, -0.05) is 6.92 Å². The zero-order valence-corrected chi connectivity index (χ0v) is 12.8. The van der Waals surface area contributed by atoms with Gasteiger partial charge in [-0.05, 0) is 30.5 Å². The van der Waals surface area contributed by atoms with Gasteiger partial charge in [0.15, 0.2) is 0 Å². The standard InChI is InChI=1S/C15H21F2N3O2/c1-3-12-8-18-5-4-13(12)11(2)19-14(21)20-6-7-22-10-15(16,17)9-20/h4-5,8,11H,3,6-7,9-10H2,1-2H3,(H,19,21). The molecule has 0 saturated carbocycles. The van der Waals surface area contributed by atoms with Crippen molar-refractivity contribution in [1.29, 1.82) is 0 Å².